The van der Waals surface area contributed by atoms with Crippen molar-refractivity contribution >= 4 is 0 Å². The summed E-state index contributed by atoms with van der Waals surface area (Å²) in [5.74, 6) is 1.01. The van der Waals surface area contributed by atoms with Crippen LogP contribution in [0.15, 0.2) is 12.1 Å². The largest absolute Gasteiger partial charge is 0.494 e. The fourth-order valence-electron chi connectivity index (χ4n) is 2.73. The molecule has 1 aliphatic rings. The fraction of sp³-hybridized carbons (Fsp3) is 0.647. The Hall–Kier alpha value is -1.02. The molecule has 1 fully saturated rings. The normalized spacial score (nSPS) is 21.5. The van der Waals surface area contributed by atoms with E-state index in [-0.39, 0.29) is 0 Å². The molecule has 0 amide bonds. The van der Waals surface area contributed by atoms with Crippen molar-refractivity contribution in [2.75, 3.05) is 6.61 Å². The summed E-state index contributed by atoms with van der Waals surface area (Å²) in [5.41, 5.74) is 4.16. The van der Waals surface area contributed by atoms with Crippen LogP contribution < -0.4 is 4.74 Å². The lowest BCUT2D eigenvalue weighted by Gasteiger charge is -2.13. The molecule has 2 rings (SSSR count). The van der Waals surface area contributed by atoms with Crippen LogP contribution in [0, 0.1) is 13.8 Å². The van der Waals surface area contributed by atoms with Crippen molar-refractivity contribution in [2.24, 2.45) is 0 Å². The van der Waals surface area contributed by atoms with Crippen LogP contribution in [0.4, 0.5) is 0 Å². The SMILES string of the molecule is CCCOc1cc(C)c(CCC2OC2CC)c(C)c1. The van der Waals surface area contributed by atoms with Crippen molar-refractivity contribution in [3.8, 4) is 5.75 Å². The third-order valence-electron chi connectivity index (χ3n) is 3.91. The van der Waals surface area contributed by atoms with Gasteiger partial charge in [0.1, 0.15) is 5.75 Å². The van der Waals surface area contributed by atoms with Gasteiger partial charge in [0.25, 0.3) is 0 Å². The first-order chi connectivity index (χ1) is 9.15. The van der Waals surface area contributed by atoms with Crippen LogP contribution in [0.3, 0.4) is 0 Å². The van der Waals surface area contributed by atoms with Gasteiger partial charge in [-0.2, -0.15) is 0 Å². The maximum Gasteiger partial charge on any atom is 0.119 e. The fourth-order valence-corrected chi connectivity index (χ4v) is 2.73. The van der Waals surface area contributed by atoms with Gasteiger partial charge in [-0.25, -0.2) is 0 Å². The molecule has 1 saturated heterocycles. The summed E-state index contributed by atoms with van der Waals surface area (Å²) >= 11 is 0. The van der Waals surface area contributed by atoms with Crippen molar-refractivity contribution in [2.45, 2.75) is 65.6 Å². The Labute approximate surface area is 117 Å². The van der Waals surface area contributed by atoms with Crippen molar-refractivity contribution in [1.82, 2.24) is 0 Å². The van der Waals surface area contributed by atoms with Crippen LogP contribution in [-0.2, 0) is 11.2 Å². The number of benzene rings is 1. The zero-order chi connectivity index (χ0) is 13.8. The highest BCUT2D eigenvalue weighted by atomic mass is 16.6. The Morgan fingerprint density at radius 3 is 2.32 bits per heavy atom. The first-order valence-corrected chi connectivity index (χ1v) is 7.54. The lowest BCUT2D eigenvalue weighted by atomic mass is 9.97. The summed E-state index contributed by atoms with van der Waals surface area (Å²) in [5, 5.41) is 0. The number of hydrogen-bond donors (Lipinski definition) is 0. The summed E-state index contributed by atoms with van der Waals surface area (Å²) in [7, 11) is 0. The van der Waals surface area contributed by atoms with E-state index in [0.29, 0.717) is 12.2 Å². The molecule has 0 radical (unpaired) electrons. The molecule has 0 spiro atoms. The predicted octanol–water partition coefficient (Wildman–Crippen LogP) is 4.20. The molecule has 2 atom stereocenters. The Morgan fingerprint density at radius 2 is 1.79 bits per heavy atom. The second kappa shape index (κ2) is 6.42. The van der Waals surface area contributed by atoms with E-state index in [9.17, 15) is 0 Å². The third-order valence-corrected chi connectivity index (χ3v) is 3.91. The van der Waals surface area contributed by atoms with Crippen LogP contribution in [0.2, 0.25) is 0 Å². The highest BCUT2D eigenvalue weighted by molar-refractivity contribution is 5.41. The summed E-state index contributed by atoms with van der Waals surface area (Å²) < 4.78 is 11.3. The molecule has 2 unspecified atom stereocenters. The predicted molar refractivity (Wildman–Crippen MR) is 79.0 cm³/mol. The van der Waals surface area contributed by atoms with Crippen molar-refractivity contribution in [1.29, 1.82) is 0 Å². The monoisotopic (exact) mass is 262 g/mol. The third kappa shape index (κ3) is 3.73. The summed E-state index contributed by atoms with van der Waals surface area (Å²) in [6.07, 6.45) is 5.49. The lowest BCUT2D eigenvalue weighted by molar-refractivity contribution is 0.317. The number of epoxide rings is 1. The second-order valence-corrected chi connectivity index (χ2v) is 5.54. The van der Waals surface area contributed by atoms with E-state index in [4.69, 9.17) is 9.47 Å². The second-order valence-electron chi connectivity index (χ2n) is 5.54. The van der Waals surface area contributed by atoms with Gasteiger partial charge in [0.05, 0.1) is 18.8 Å². The maximum atomic E-state index is 5.72. The first kappa shape index (κ1) is 14.4. The molecule has 106 valence electrons. The van der Waals surface area contributed by atoms with E-state index in [1.54, 1.807) is 0 Å². The van der Waals surface area contributed by atoms with E-state index in [1.807, 2.05) is 0 Å². The molecule has 1 aromatic carbocycles. The molecule has 2 nitrogen and oxygen atoms in total. The summed E-state index contributed by atoms with van der Waals surface area (Å²) in [6, 6.07) is 4.34. The van der Waals surface area contributed by atoms with Crippen molar-refractivity contribution in [3.63, 3.8) is 0 Å². The van der Waals surface area contributed by atoms with Gasteiger partial charge in [0, 0.05) is 0 Å². The smallest absolute Gasteiger partial charge is 0.119 e. The van der Waals surface area contributed by atoms with E-state index in [1.165, 1.54) is 16.7 Å². The average molecular weight is 262 g/mol. The van der Waals surface area contributed by atoms with Crippen LogP contribution in [0.1, 0.15) is 49.8 Å². The van der Waals surface area contributed by atoms with Crippen molar-refractivity contribution in [3.05, 3.63) is 28.8 Å². The number of rotatable bonds is 7. The van der Waals surface area contributed by atoms with E-state index in [2.05, 4.69) is 39.8 Å². The summed E-state index contributed by atoms with van der Waals surface area (Å²) in [4.78, 5) is 0. The number of ether oxygens (including phenoxy) is 2. The van der Waals surface area contributed by atoms with Gasteiger partial charge in [-0.05, 0) is 68.4 Å². The van der Waals surface area contributed by atoms with Gasteiger partial charge in [0.2, 0.25) is 0 Å². The number of hydrogen-bond acceptors (Lipinski definition) is 2. The molecule has 0 saturated carbocycles. The van der Waals surface area contributed by atoms with Gasteiger partial charge in [-0.15, -0.1) is 0 Å². The molecule has 0 aromatic heterocycles. The van der Waals surface area contributed by atoms with Gasteiger partial charge < -0.3 is 9.47 Å². The molecule has 1 aromatic rings. The van der Waals surface area contributed by atoms with Crippen LogP contribution >= 0.6 is 0 Å². The quantitative estimate of drug-likeness (QED) is 0.687. The Balaban J connectivity index is 1.96. The van der Waals surface area contributed by atoms with Crippen LogP contribution in [0.25, 0.3) is 0 Å². The molecule has 2 heteroatoms. The minimum absolute atomic E-state index is 0.500. The van der Waals surface area contributed by atoms with Gasteiger partial charge >= 0.3 is 0 Å². The van der Waals surface area contributed by atoms with Crippen LogP contribution in [0.5, 0.6) is 5.75 Å². The first-order valence-electron chi connectivity index (χ1n) is 7.54. The molecule has 19 heavy (non-hydrogen) atoms. The van der Waals surface area contributed by atoms with Gasteiger partial charge in [-0.1, -0.05) is 13.8 Å². The standard InChI is InChI=1S/C17H26O2/c1-5-9-18-14-10-12(3)15(13(4)11-14)7-8-17-16(6-2)19-17/h10-11,16-17H,5-9H2,1-4H3. The van der Waals surface area contributed by atoms with Crippen molar-refractivity contribution < 1.29 is 9.47 Å². The molecule has 1 heterocycles. The van der Waals surface area contributed by atoms with E-state index < -0.39 is 0 Å². The molecular weight excluding hydrogens is 236 g/mol. The molecule has 0 bridgehead atoms. The Kier molecular flexibility index (Phi) is 4.87. The number of aryl methyl sites for hydroxylation is 2. The highest BCUT2D eigenvalue weighted by Gasteiger charge is 2.36. The molecule has 0 aliphatic carbocycles. The van der Waals surface area contributed by atoms with E-state index in [0.717, 1.165) is 38.0 Å². The minimum Gasteiger partial charge on any atom is -0.494 e. The zero-order valence-corrected chi connectivity index (χ0v) is 12.7. The lowest BCUT2D eigenvalue weighted by Crippen LogP contribution is -2.02. The van der Waals surface area contributed by atoms with Gasteiger partial charge in [0.15, 0.2) is 0 Å². The molecule has 1 aliphatic heterocycles. The zero-order valence-electron chi connectivity index (χ0n) is 12.7. The van der Waals surface area contributed by atoms with Crippen LogP contribution in [-0.4, -0.2) is 18.8 Å². The average Bonchev–Trinajstić information content (AvgIpc) is 3.14. The van der Waals surface area contributed by atoms with Gasteiger partial charge in [-0.3, -0.25) is 0 Å². The molecular formula is C17H26O2. The maximum absolute atomic E-state index is 5.72. The van der Waals surface area contributed by atoms with E-state index >= 15 is 0 Å². The topological polar surface area (TPSA) is 21.8 Å². The summed E-state index contributed by atoms with van der Waals surface area (Å²) in [6.45, 7) is 9.50. The Bertz CT molecular complexity index is 402. The Morgan fingerprint density at radius 1 is 1.11 bits per heavy atom. The minimum atomic E-state index is 0.500. The highest BCUT2D eigenvalue weighted by Crippen LogP contribution is 2.31. The molecule has 0 N–H and O–H groups in total.